The first-order valence-corrected chi connectivity index (χ1v) is 12.3. The van der Waals surface area contributed by atoms with E-state index in [1.54, 1.807) is 12.1 Å². The first-order valence-electron chi connectivity index (χ1n) is 11.6. The van der Waals surface area contributed by atoms with Gasteiger partial charge in [-0.3, -0.25) is 14.4 Å². The summed E-state index contributed by atoms with van der Waals surface area (Å²) in [6.45, 7) is 5.40. The molecule has 35 heavy (non-hydrogen) atoms. The number of hydrogen-bond acceptors (Lipinski definition) is 5. The molecule has 0 aromatic heterocycles. The van der Waals surface area contributed by atoms with Gasteiger partial charge in [0.05, 0.1) is 23.1 Å². The van der Waals surface area contributed by atoms with Crippen molar-refractivity contribution in [1.82, 2.24) is 0 Å². The van der Waals surface area contributed by atoms with Crippen LogP contribution in [-0.4, -0.2) is 30.3 Å². The molecule has 1 saturated carbocycles. The van der Waals surface area contributed by atoms with Crippen LogP contribution in [0.2, 0.25) is 0 Å². The van der Waals surface area contributed by atoms with Crippen LogP contribution >= 0.6 is 15.9 Å². The summed E-state index contributed by atoms with van der Waals surface area (Å²) in [4.78, 5) is 52.5. The number of carbonyl (C=O) groups is 4. The fourth-order valence-electron chi connectivity index (χ4n) is 5.73. The highest BCUT2D eigenvalue weighted by Crippen LogP contribution is 2.55. The molecule has 7 nitrogen and oxygen atoms in total. The number of anilines is 2. The molecule has 0 radical (unpaired) electrons. The van der Waals surface area contributed by atoms with Gasteiger partial charge in [0, 0.05) is 10.2 Å². The molecule has 1 heterocycles. The maximum Gasteiger partial charge on any atom is 0.338 e. The van der Waals surface area contributed by atoms with E-state index in [2.05, 4.69) is 27.3 Å². The van der Waals surface area contributed by atoms with Gasteiger partial charge in [-0.25, -0.2) is 9.69 Å². The maximum absolute atomic E-state index is 13.2. The van der Waals surface area contributed by atoms with E-state index in [4.69, 9.17) is 4.74 Å². The third-order valence-electron chi connectivity index (χ3n) is 7.28. The quantitative estimate of drug-likeness (QED) is 0.343. The van der Waals surface area contributed by atoms with Crippen LogP contribution in [0.1, 0.15) is 34.8 Å². The van der Waals surface area contributed by atoms with E-state index in [0.29, 0.717) is 11.4 Å². The minimum Gasteiger partial charge on any atom is -0.452 e. The van der Waals surface area contributed by atoms with E-state index < -0.39 is 18.5 Å². The smallest absolute Gasteiger partial charge is 0.338 e. The topological polar surface area (TPSA) is 92.8 Å². The summed E-state index contributed by atoms with van der Waals surface area (Å²) in [7, 11) is 0. The molecule has 1 saturated heterocycles. The number of esters is 1. The maximum atomic E-state index is 13.2. The summed E-state index contributed by atoms with van der Waals surface area (Å²) < 4.78 is 6.17. The summed E-state index contributed by atoms with van der Waals surface area (Å²) in [5.41, 5.74) is 4.27. The van der Waals surface area contributed by atoms with Crippen LogP contribution in [0.15, 0.2) is 52.5 Å². The molecular weight excluding hydrogens is 512 g/mol. The fraction of sp³-hybridized carbons (Fsp3) is 0.333. The van der Waals surface area contributed by atoms with Crippen LogP contribution < -0.4 is 10.2 Å². The van der Waals surface area contributed by atoms with Crippen LogP contribution in [0.5, 0.6) is 0 Å². The lowest BCUT2D eigenvalue weighted by Crippen LogP contribution is -2.33. The Morgan fingerprint density at radius 3 is 2.46 bits per heavy atom. The third-order valence-corrected chi connectivity index (χ3v) is 8.53. The molecule has 1 N–H and O–H groups in total. The van der Waals surface area contributed by atoms with Crippen molar-refractivity contribution in [3.8, 4) is 0 Å². The molecule has 3 aliphatic rings. The summed E-state index contributed by atoms with van der Waals surface area (Å²) in [6, 6.07) is 9.89. The van der Waals surface area contributed by atoms with Gasteiger partial charge in [0.1, 0.15) is 0 Å². The van der Waals surface area contributed by atoms with E-state index in [0.717, 1.165) is 22.0 Å². The zero-order chi connectivity index (χ0) is 25.0. The Balaban J connectivity index is 1.25. The van der Waals surface area contributed by atoms with Crippen LogP contribution in [0.3, 0.4) is 0 Å². The Morgan fingerprint density at radius 2 is 1.74 bits per heavy atom. The Morgan fingerprint density at radius 1 is 1.06 bits per heavy atom. The number of hydrogen-bond donors (Lipinski definition) is 1. The van der Waals surface area contributed by atoms with E-state index in [1.807, 2.05) is 32.9 Å². The largest absolute Gasteiger partial charge is 0.452 e. The first-order chi connectivity index (χ1) is 16.7. The van der Waals surface area contributed by atoms with E-state index in [9.17, 15) is 19.2 Å². The number of ether oxygens (including phenoxy) is 1. The van der Waals surface area contributed by atoms with Crippen molar-refractivity contribution in [2.45, 2.75) is 27.2 Å². The number of halogens is 1. The number of aryl methyl sites for hydroxylation is 2. The van der Waals surface area contributed by atoms with Crippen molar-refractivity contribution in [1.29, 1.82) is 0 Å². The summed E-state index contributed by atoms with van der Waals surface area (Å²) in [5.74, 6) is -1.99. The van der Waals surface area contributed by atoms with Crippen molar-refractivity contribution < 1.29 is 23.9 Å². The highest BCUT2D eigenvalue weighted by Gasteiger charge is 2.60. The average molecular weight is 537 g/mol. The zero-order valence-corrected chi connectivity index (χ0v) is 21.2. The number of nitrogens with zero attached hydrogens (tertiary/aromatic N) is 1. The summed E-state index contributed by atoms with van der Waals surface area (Å²) in [6.07, 6.45) is 2.98. The van der Waals surface area contributed by atoms with Crippen molar-refractivity contribution in [3.63, 3.8) is 0 Å². The highest BCUT2D eigenvalue weighted by molar-refractivity contribution is 9.10. The molecule has 2 aromatic rings. The number of rotatable bonds is 5. The van der Waals surface area contributed by atoms with Gasteiger partial charge in [0.25, 0.3) is 5.91 Å². The Kier molecular flexibility index (Phi) is 5.87. The molecule has 2 bridgehead atoms. The van der Waals surface area contributed by atoms with Crippen molar-refractivity contribution in [2.75, 3.05) is 16.8 Å². The van der Waals surface area contributed by atoms with Gasteiger partial charge in [-0.15, -0.1) is 0 Å². The van der Waals surface area contributed by atoms with E-state index in [1.165, 1.54) is 22.6 Å². The number of fused-ring (bicyclic) bond motifs is 5. The zero-order valence-electron chi connectivity index (χ0n) is 19.6. The van der Waals surface area contributed by atoms with E-state index in [-0.39, 0.29) is 41.0 Å². The monoisotopic (exact) mass is 536 g/mol. The average Bonchev–Trinajstić information content (AvgIpc) is 3.46. The van der Waals surface area contributed by atoms with Gasteiger partial charge in [0.2, 0.25) is 11.8 Å². The second-order valence-electron chi connectivity index (χ2n) is 9.58. The molecule has 3 amide bonds. The summed E-state index contributed by atoms with van der Waals surface area (Å²) in [5, 5.41) is 2.73. The minimum absolute atomic E-state index is 0.108. The predicted octanol–water partition coefficient (Wildman–Crippen LogP) is 4.56. The molecule has 0 spiro atoms. The number of benzene rings is 2. The Labute approximate surface area is 211 Å². The Bertz CT molecular complexity index is 1290. The van der Waals surface area contributed by atoms with Gasteiger partial charge >= 0.3 is 5.97 Å². The standard InChI is InChI=1S/C27H25BrN2O5/c1-13-7-17-11-20(13)23-22(17)25(32)30(26(23)33)19-6-4-5-16(10-19)27(34)35-12-21(31)29-18-8-14(2)24(28)15(3)9-18/h4-10,17,20,22-23H,11-12H2,1-3H3,(H,29,31)/t17-,20+,22+,23+/m0/s1. The third kappa shape index (κ3) is 3.99. The molecule has 2 aliphatic carbocycles. The molecule has 180 valence electrons. The lowest BCUT2D eigenvalue weighted by Gasteiger charge is -2.19. The highest BCUT2D eigenvalue weighted by atomic mass is 79.9. The number of allylic oxidation sites excluding steroid dienone is 2. The Hall–Kier alpha value is -3.26. The fourth-order valence-corrected chi connectivity index (χ4v) is 5.96. The molecule has 0 unspecified atom stereocenters. The van der Waals surface area contributed by atoms with Gasteiger partial charge in [0.15, 0.2) is 6.61 Å². The van der Waals surface area contributed by atoms with Crippen LogP contribution in [-0.2, 0) is 19.1 Å². The lowest BCUT2D eigenvalue weighted by atomic mass is 9.82. The van der Waals surface area contributed by atoms with Gasteiger partial charge in [-0.1, -0.05) is 33.6 Å². The van der Waals surface area contributed by atoms with Gasteiger partial charge in [-0.05, 0) is 80.5 Å². The van der Waals surface area contributed by atoms with Crippen molar-refractivity contribution >= 4 is 51.0 Å². The molecule has 2 fully saturated rings. The number of nitrogens with one attached hydrogen (secondary N) is 1. The van der Waals surface area contributed by atoms with E-state index >= 15 is 0 Å². The lowest BCUT2D eigenvalue weighted by molar-refractivity contribution is -0.123. The van der Waals surface area contributed by atoms with Crippen molar-refractivity contribution in [2.24, 2.45) is 23.7 Å². The number of amides is 3. The number of imide groups is 1. The predicted molar refractivity (Wildman–Crippen MR) is 134 cm³/mol. The summed E-state index contributed by atoms with van der Waals surface area (Å²) >= 11 is 3.49. The van der Waals surface area contributed by atoms with Gasteiger partial charge < -0.3 is 10.1 Å². The normalized spacial score (nSPS) is 24.5. The first kappa shape index (κ1) is 23.5. The molecule has 8 heteroatoms. The molecular formula is C27H25BrN2O5. The van der Waals surface area contributed by atoms with Gasteiger partial charge in [-0.2, -0.15) is 0 Å². The SMILES string of the molecule is CC1=C[C@H]2C[C@H]1[C@H]1C(=O)N(c3cccc(C(=O)OCC(=O)Nc4cc(C)c(Br)c(C)c4)c3)C(=O)[C@@H]12. The molecule has 5 rings (SSSR count). The second-order valence-corrected chi connectivity index (χ2v) is 10.4. The second kappa shape index (κ2) is 8.75. The van der Waals surface area contributed by atoms with Crippen molar-refractivity contribution in [3.05, 3.63) is 69.2 Å². The van der Waals surface area contributed by atoms with Crippen LogP contribution in [0.25, 0.3) is 0 Å². The minimum atomic E-state index is -0.706. The van der Waals surface area contributed by atoms with Crippen LogP contribution in [0, 0.1) is 37.5 Å². The number of carbonyl (C=O) groups excluding carboxylic acids is 4. The molecule has 2 aromatic carbocycles. The molecule has 1 aliphatic heterocycles. The van der Waals surface area contributed by atoms with Crippen LogP contribution in [0.4, 0.5) is 11.4 Å². The molecule has 4 atom stereocenters.